The van der Waals surface area contributed by atoms with Crippen LogP contribution in [0.4, 0.5) is 10.1 Å². The van der Waals surface area contributed by atoms with Gasteiger partial charge in [-0.15, -0.1) is 0 Å². The number of hydrogen-bond donors (Lipinski definition) is 2. The van der Waals surface area contributed by atoms with Crippen molar-refractivity contribution in [2.75, 3.05) is 12.4 Å². The van der Waals surface area contributed by atoms with Gasteiger partial charge in [-0.25, -0.2) is 4.39 Å². The molecule has 0 bridgehead atoms. The Bertz CT molecular complexity index is 1100. The lowest BCUT2D eigenvalue weighted by molar-refractivity contribution is -0.142. The summed E-state index contributed by atoms with van der Waals surface area (Å²) in [5.41, 5.74) is 0.762. The number of aliphatic hydroxyl groups is 1. The number of carbonyl (C=O) groups excluding carboxylic acids is 1. The van der Waals surface area contributed by atoms with E-state index < -0.39 is 29.0 Å². The summed E-state index contributed by atoms with van der Waals surface area (Å²) in [7, 11) is 1.36. The zero-order chi connectivity index (χ0) is 23.1. The number of halogens is 1. The summed E-state index contributed by atoms with van der Waals surface area (Å²) in [4.78, 5) is 12.8. The molecule has 168 valence electrons. The van der Waals surface area contributed by atoms with Gasteiger partial charge in [0.1, 0.15) is 17.2 Å². The van der Waals surface area contributed by atoms with Crippen LogP contribution in [0, 0.1) is 5.82 Å². The van der Waals surface area contributed by atoms with Gasteiger partial charge in [0.05, 0.1) is 11.3 Å². The second-order valence-electron chi connectivity index (χ2n) is 8.85. The summed E-state index contributed by atoms with van der Waals surface area (Å²) in [6.45, 7) is 6.11. The van der Waals surface area contributed by atoms with E-state index in [-0.39, 0.29) is 0 Å². The fraction of sp³-hybridized carbons (Fsp3) is 0.346. The maximum atomic E-state index is 13.6. The quantitative estimate of drug-likeness (QED) is 0.651. The van der Waals surface area contributed by atoms with E-state index in [0.29, 0.717) is 22.6 Å². The monoisotopic (exact) mass is 437 g/mol. The largest absolute Gasteiger partial charge is 0.482 e. The molecule has 0 saturated carbocycles. The molecule has 0 radical (unpaired) electrons. The molecule has 2 N–H and O–H groups in total. The van der Waals surface area contributed by atoms with Gasteiger partial charge in [0.15, 0.2) is 11.7 Å². The first-order valence-corrected chi connectivity index (χ1v) is 10.7. The van der Waals surface area contributed by atoms with E-state index in [2.05, 4.69) is 25.2 Å². The van der Waals surface area contributed by atoms with Crippen LogP contribution in [0.15, 0.2) is 54.1 Å². The Kier molecular flexibility index (Phi) is 5.69. The number of anilines is 1. The highest BCUT2D eigenvalue weighted by atomic mass is 19.1. The number of carbonyl (C=O) groups is 1. The summed E-state index contributed by atoms with van der Waals surface area (Å²) in [5.74, 6) is -0.434. The van der Waals surface area contributed by atoms with Gasteiger partial charge in [-0.2, -0.15) is 0 Å². The van der Waals surface area contributed by atoms with Crippen LogP contribution in [0.3, 0.4) is 0 Å². The SMILES string of the molecule is CO[C@@H]1C(=O)Nc2ccc3c(c2[C@@]1(O)c1ccc(F)cc1)O[C@@](C)(CCC=C(C)C)C=C3. The van der Waals surface area contributed by atoms with E-state index in [1.54, 1.807) is 6.07 Å². The lowest BCUT2D eigenvalue weighted by Crippen LogP contribution is -2.53. The van der Waals surface area contributed by atoms with E-state index in [9.17, 15) is 14.3 Å². The highest BCUT2D eigenvalue weighted by molar-refractivity contribution is 6.00. The van der Waals surface area contributed by atoms with Crippen LogP contribution in [0.2, 0.25) is 0 Å². The van der Waals surface area contributed by atoms with E-state index in [4.69, 9.17) is 9.47 Å². The molecule has 0 aliphatic carbocycles. The minimum atomic E-state index is -1.86. The van der Waals surface area contributed by atoms with Crippen molar-refractivity contribution in [3.8, 4) is 5.75 Å². The van der Waals surface area contributed by atoms with Gasteiger partial charge in [-0.05, 0) is 69.5 Å². The van der Waals surface area contributed by atoms with E-state index in [1.165, 1.54) is 36.9 Å². The smallest absolute Gasteiger partial charge is 0.257 e. The average Bonchev–Trinajstić information content (AvgIpc) is 2.73. The van der Waals surface area contributed by atoms with Crippen molar-refractivity contribution in [3.63, 3.8) is 0 Å². The second kappa shape index (κ2) is 8.19. The van der Waals surface area contributed by atoms with Crippen LogP contribution in [0.1, 0.15) is 50.3 Å². The third-order valence-electron chi connectivity index (χ3n) is 6.11. The summed E-state index contributed by atoms with van der Waals surface area (Å²) in [6.07, 6.45) is 6.50. The Morgan fingerprint density at radius 3 is 2.62 bits per heavy atom. The lowest BCUT2D eigenvalue weighted by atomic mass is 9.76. The topological polar surface area (TPSA) is 67.8 Å². The third kappa shape index (κ3) is 3.74. The predicted octanol–water partition coefficient (Wildman–Crippen LogP) is 4.94. The minimum absolute atomic E-state index is 0.347. The van der Waals surface area contributed by atoms with E-state index >= 15 is 0 Å². The van der Waals surface area contributed by atoms with Crippen molar-refractivity contribution in [3.05, 3.63) is 76.6 Å². The minimum Gasteiger partial charge on any atom is -0.482 e. The maximum Gasteiger partial charge on any atom is 0.257 e. The molecule has 2 aromatic rings. The van der Waals surface area contributed by atoms with Crippen LogP contribution in [0.5, 0.6) is 5.75 Å². The number of methoxy groups -OCH3 is 1. The highest BCUT2D eigenvalue weighted by Gasteiger charge is 2.52. The van der Waals surface area contributed by atoms with Crippen LogP contribution >= 0.6 is 0 Å². The molecule has 0 spiro atoms. The molecule has 0 aromatic heterocycles. The molecule has 2 heterocycles. The van der Waals surface area contributed by atoms with Crippen molar-refractivity contribution in [1.29, 1.82) is 0 Å². The number of rotatable bonds is 5. The summed E-state index contributed by atoms with van der Waals surface area (Å²) >= 11 is 0. The zero-order valence-corrected chi connectivity index (χ0v) is 18.7. The van der Waals surface area contributed by atoms with Gasteiger partial charge in [-0.3, -0.25) is 4.79 Å². The van der Waals surface area contributed by atoms with E-state index in [0.717, 1.165) is 18.4 Å². The fourth-order valence-corrected chi connectivity index (χ4v) is 4.43. The number of hydrogen-bond acceptors (Lipinski definition) is 4. The number of benzene rings is 2. The predicted molar refractivity (Wildman–Crippen MR) is 122 cm³/mol. The van der Waals surface area contributed by atoms with Crippen molar-refractivity contribution < 1.29 is 23.8 Å². The molecule has 4 rings (SSSR count). The summed E-state index contributed by atoms with van der Waals surface area (Å²) in [6, 6.07) is 9.04. The molecule has 0 fully saturated rings. The van der Waals surface area contributed by atoms with Gasteiger partial charge in [0.25, 0.3) is 5.91 Å². The molecule has 6 heteroatoms. The average molecular weight is 438 g/mol. The molecule has 2 aromatic carbocycles. The van der Waals surface area contributed by atoms with Gasteiger partial charge in [0, 0.05) is 12.7 Å². The maximum absolute atomic E-state index is 13.6. The summed E-state index contributed by atoms with van der Waals surface area (Å²) in [5, 5.41) is 14.9. The highest BCUT2D eigenvalue weighted by Crippen LogP contribution is 2.50. The first kappa shape index (κ1) is 22.2. The van der Waals surface area contributed by atoms with Crippen LogP contribution in [-0.4, -0.2) is 29.8 Å². The molecule has 2 aliphatic heterocycles. The number of ether oxygens (including phenoxy) is 2. The molecule has 0 unspecified atom stereocenters. The Morgan fingerprint density at radius 1 is 1.25 bits per heavy atom. The molecule has 5 nitrogen and oxygen atoms in total. The van der Waals surface area contributed by atoms with Gasteiger partial charge >= 0.3 is 0 Å². The molecule has 3 atom stereocenters. The third-order valence-corrected chi connectivity index (χ3v) is 6.11. The van der Waals surface area contributed by atoms with Crippen molar-refractivity contribution in [2.24, 2.45) is 0 Å². The number of amides is 1. The number of allylic oxidation sites excluding steroid dienone is 2. The second-order valence-corrected chi connectivity index (χ2v) is 8.85. The summed E-state index contributed by atoms with van der Waals surface area (Å²) < 4.78 is 25.6. The van der Waals surface area contributed by atoms with Crippen molar-refractivity contribution in [1.82, 2.24) is 0 Å². The molecule has 2 aliphatic rings. The first-order chi connectivity index (χ1) is 15.2. The fourth-order valence-electron chi connectivity index (χ4n) is 4.43. The Hall–Kier alpha value is -2.96. The molecule has 1 amide bonds. The molecular formula is C26H28FNO4. The standard InChI is InChI=1S/C26H28FNO4/c1-16(2)6-5-14-25(3)15-13-17-7-12-20-21(22(17)32-25)26(30,23(31-4)24(29)28-20)18-8-10-19(27)11-9-18/h6-13,15,23,30H,5,14H2,1-4H3,(H,28,29)/t23-,25+,26+/m1/s1. The number of fused-ring (bicyclic) bond motifs is 3. The molecule has 32 heavy (non-hydrogen) atoms. The number of nitrogens with one attached hydrogen (secondary N) is 1. The van der Waals surface area contributed by atoms with Crippen LogP contribution < -0.4 is 10.1 Å². The van der Waals surface area contributed by atoms with Crippen molar-refractivity contribution in [2.45, 2.75) is 50.9 Å². The Labute approximate surface area is 187 Å². The van der Waals surface area contributed by atoms with E-state index in [1.807, 2.05) is 25.1 Å². The molecule has 0 saturated heterocycles. The van der Waals surface area contributed by atoms with Crippen molar-refractivity contribution >= 4 is 17.7 Å². The van der Waals surface area contributed by atoms with Gasteiger partial charge in [0.2, 0.25) is 0 Å². The zero-order valence-electron chi connectivity index (χ0n) is 18.7. The lowest BCUT2D eigenvalue weighted by Gasteiger charge is -2.43. The van der Waals surface area contributed by atoms with Gasteiger partial charge < -0.3 is 19.9 Å². The van der Waals surface area contributed by atoms with Crippen LogP contribution in [-0.2, 0) is 15.1 Å². The first-order valence-electron chi connectivity index (χ1n) is 10.7. The van der Waals surface area contributed by atoms with Gasteiger partial charge in [-0.1, -0.05) is 29.9 Å². The Balaban J connectivity index is 1.87. The van der Waals surface area contributed by atoms with Crippen LogP contribution in [0.25, 0.3) is 6.08 Å². The Morgan fingerprint density at radius 2 is 1.97 bits per heavy atom. The molecular weight excluding hydrogens is 409 g/mol. The normalized spacial score (nSPS) is 25.9.